The van der Waals surface area contributed by atoms with E-state index in [1.165, 1.54) is 14.2 Å². The van der Waals surface area contributed by atoms with Crippen molar-refractivity contribution in [3.8, 4) is 22.6 Å². The molecule has 2 unspecified atom stereocenters. The van der Waals surface area contributed by atoms with E-state index in [2.05, 4.69) is 20.6 Å². The Hall–Kier alpha value is -3.50. The van der Waals surface area contributed by atoms with E-state index in [4.69, 9.17) is 42.4 Å². The normalized spacial score (nSPS) is 17.4. The minimum absolute atomic E-state index is 0.0330. The lowest BCUT2D eigenvalue weighted by Crippen LogP contribution is -2.45. The average molecular weight is 573 g/mol. The van der Waals surface area contributed by atoms with Crippen LogP contribution in [0.1, 0.15) is 40.0 Å². The van der Waals surface area contributed by atoms with Crippen LogP contribution in [0.2, 0.25) is 10.0 Å². The van der Waals surface area contributed by atoms with Gasteiger partial charge in [0.2, 0.25) is 5.95 Å². The number of methoxy groups -OCH3 is 2. The van der Waals surface area contributed by atoms with Gasteiger partial charge in [0, 0.05) is 47.2 Å². The highest BCUT2D eigenvalue weighted by molar-refractivity contribution is 6.41. The highest BCUT2D eigenvalue weighted by Crippen LogP contribution is 2.47. The Labute approximate surface area is 236 Å². The average Bonchev–Trinajstić information content (AvgIpc) is 3.53. The molecule has 0 saturated heterocycles. The molecule has 5 rings (SSSR count). The van der Waals surface area contributed by atoms with Crippen LogP contribution in [0, 0.1) is 0 Å². The summed E-state index contributed by atoms with van der Waals surface area (Å²) >= 11 is 13.4. The van der Waals surface area contributed by atoms with Gasteiger partial charge in [-0.15, -0.1) is 0 Å². The Morgan fingerprint density at radius 2 is 1.72 bits per heavy atom. The topological polar surface area (TPSA) is 112 Å². The molecule has 12 heteroatoms. The summed E-state index contributed by atoms with van der Waals surface area (Å²) in [4.78, 5) is 26.3. The summed E-state index contributed by atoms with van der Waals surface area (Å²) < 4.78 is 18.2. The van der Waals surface area contributed by atoms with Gasteiger partial charge >= 0.3 is 6.09 Å². The number of nitrogens with one attached hydrogen (secondary N) is 2. The lowest BCUT2D eigenvalue weighted by atomic mass is 10.0. The number of anilines is 1. The molecule has 1 fully saturated rings. The molecule has 3 aromatic heterocycles. The quantitative estimate of drug-likeness (QED) is 0.284. The second-order valence-electron chi connectivity index (χ2n) is 10.4. The maximum Gasteiger partial charge on any atom is 0.407 e. The maximum atomic E-state index is 12.3. The third kappa shape index (κ3) is 5.35. The Bertz CT molecular complexity index is 1520. The van der Waals surface area contributed by atoms with Crippen LogP contribution in [0.25, 0.3) is 27.8 Å². The van der Waals surface area contributed by atoms with Crippen molar-refractivity contribution in [3.63, 3.8) is 0 Å². The second-order valence-corrected chi connectivity index (χ2v) is 11.1. The minimum atomic E-state index is -0.563. The number of nitrogens with zero attached hydrogens (tertiary/aromatic N) is 4. The highest BCUT2D eigenvalue weighted by Gasteiger charge is 2.31. The first kappa shape index (κ1) is 27.1. The van der Waals surface area contributed by atoms with Gasteiger partial charge in [-0.2, -0.15) is 4.98 Å². The molecule has 39 heavy (non-hydrogen) atoms. The van der Waals surface area contributed by atoms with Crippen molar-refractivity contribution < 1.29 is 19.0 Å². The summed E-state index contributed by atoms with van der Waals surface area (Å²) in [6.45, 7) is 5.53. The zero-order valence-electron chi connectivity index (χ0n) is 22.3. The summed E-state index contributed by atoms with van der Waals surface area (Å²) in [5.74, 6) is 1.31. The van der Waals surface area contributed by atoms with E-state index in [0.717, 1.165) is 24.6 Å². The van der Waals surface area contributed by atoms with Crippen molar-refractivity contribution in [2.24, 2.45) is 0 Å². The predicted molar refractivity (Wildman–Crippen MR) is 151 cm³/mol. The zero-order valence-corrected chi connectivity index (χ0v) is 23.9. The lowest BCUT2D eigenvalue weighted by molar-refractivity contribution is 0.0503. The molecule has 10 nitrogen and oxygen atoms in total. The van der Waals surface area contributed by atoms with Gasteiger partial charge in [0.25, 0.3) is 0 Å². The number of ether oxygens (including phenoxy) is 3. The first-order valence-corrected chi connectivity index (χ1v) is 13.3. The van der Waals surface area contributed by atoms with Crippen LogP contribution in [-0.2, 0) is 4.74 Å². The number of imidazole rings is 1. The highest BCUT2D eigenvalue weighted by atomic mass is 35.5. The van der Waals surface area contributed by atoms with Crippen LogP contribution in [0.15, 0.2) is 30.7 Å². The third-order valence-electron chi connectivity index (χ3n) is 6.58. The molecule has 1 aromatic carbocycles. The SMILES string of the molecule is COc1cc(OC)c(Cl)c(-c2cc3cnc(NC4CCCC4NC(=O)OC(C)(C)C)nc3n3ccnc23)c1Cl. The van der Waals surface area contributed by atoms with Crippen LogP contribution in [-0.4, -0.2) is 57.4 Å². The van der Waals surface area contributed by atoms with E-state index < -0.39 is 11.7 Å². The summed E-state index contributed by atoms with van der Waals surface area (Å²) in [5.41, 5.74) is 1.92. The first-order chi connectivity index (χ1) is 18.6. The molecule has 0 radical (unpaired) electrons. The molecule has 2 atom stereocenters. The van der Waals surface area contributed by atoms with Crippen LogP contribution in [0.5, 0.6) is 11.5 Å². The number of amides is 1. The van der Waals surface area contributed by atoms with Gasteiger partial charge in [-0.05, 0) is 46.1 Å². The first-order valence-electron chi connectivity index (χ1n) is 12.6. The van der Waals surface area contributed by atoms with Crippen molar-refractivity contribution in [3.05, 3.63) is 40.8 Å². The molecule has 1 aliphatic rings. The van der Waals surface area contributed by atoms with Gasteiger partial charge < -0.3 is 24.8 Å². The summed E-state index contributed by atoms with van der Waals surface area (Å²) in [5, 5.41) is 7.83. The van der Waals surface area contributed by atoms with E-state index in [9.17, 15) is 4.79 Å². The van der Waals surface area contributed by atoms with Gasteiger partial charge in [0.1, 0.15) is 22.7 Å². The predicted octanol–water partition coefficient (Wildman–Crippen LogP) is 6.13. The number of halogens is 2. The Kier molecular flexibility index (Phi) is 7.35. The molecule has 0 bridgehead atoms. The number of carbonyl (C=O) groups is 1. The lowest BCUT2D eigenvalue weighted by Gasteiger charge is -2.25. The van der Waals surface area contributed by atoms with E-state index in [1.54, 1.807) is 18.5 Å². The van der Waals surface area contributed by atoms with Crippen LogP contribution in [0.3, 0.4) is 0 Å². The number of hydrogen-bond donors (Lipinski definition) is 2. The third-order valence-corrected chi connectivity index (χ3v) is 7.33. The smallest absolute Gasteiger partial charge is 0.407 e. The standard InChI is InChI=1S/C27H30Cl2N6O4/c1-27(2,3)39-26(36)33-17-8-6-7-16(17)32-25-31-13-14-11-15(24-30-9-10-35(24)23(14)34-25)20-21(28)18(37-4)12-19(38-5)22(20)29/h9-13,16-17H,6-8H2,1-5H3,(H,33,36)(H,31,32,34). The second kappa shape index (κ2) is 10.6. The Balaban J connectivity index is 1.50. The van der Waals surface area contributed by atoms with Gasteiger partial charge in [0.05, 0.1) is 30.3 Å². The van der Waals surface area contributed by atoms with Crippen LogP contribution < -0.4 is 20.1 Å². The number of alkyl carbamates (subject to hydrolysis) is 1. The van der Waals surface area contributed by atoms with Gasteiger partial charge in [0.15, 0.2) is 5.65 Å². The van der Waals surface area contributed by atoms with Crippen molar-refractivity contribution in [2.75, 3.05) is 19.5 Å². The van der Waals surface area contributed by atoms with E-state index in [-0.39, 0.29) is 12.1 Å². The number of benzene rings is 1. The molecule has 2 N–H and O–H groups in total. The summed E-state index contributed by atoms with van der Waals surface area (Å²) in [6, 6.07) is 3.42. The molecule has 0 spiro atoms. The van der Waals surface area contributed by atoms with Crippen molar-refractivity contribution >= 4 is 51.9 Å². The van der Waals surface area contributed by atoms with Crippen LogP contribution in [0.4, 0.5) is 10.7 Å². The minimum Gasteiger partial charge on any atom is -0.495 e. The number of hydrogen-bond acceptors (Lipinski definition) is 8. The number of fused-ring (bicyclic) bond motifs is 3. The summed E-state index contributed by atoms with van der Waals surface area (Å²) in [7, 11) is 3.06. The molecule has 0 aliphatic heterocycles. The molecule has 3 heterocycles. The van der Waals surface area contributed by atoms with Crippen molar-refractivity contribution in [1.82, 2.24) is 24.7 Å². The number of carbonyl (C=O) groups excluding carboxylic acids is 1. The fourth-order valence-corrected chi connectivity index (χ4v) is 5.58. The molecule has 1 aliphatic carbocycles. The van der Waals surface area contributed by atoms with Gasteiger partial charge in [-0.25, -0.2) is 14.8 Å². The fraction of sp³-hybridized carbons (Fsp3) is 0.407. The number of rotatable bonds is 6. The van der Waals surface area contributed by atoms with E-state index >= 15 is 0 Å². The fourth-order valence-electron chi connectivity index (χ4n) is 4.88. The molecule has 206 valence electrons. The molecule has 1 saturated carbocycles. The van der Waals surface area contributed by atoms with Gasteiger partial charge in [-0.3, -0.25) is 4.40 Å². The van der Waals surface area contributed by atoms with Gasteiger partial charge in [-0.1, -0.05) is 23.2 Å². The molecule has 1 amide bonds. The number of pyridine rings is 1. The number of aromatic nitrogens is 4. The molecular formula is C27H30Cl2N6O4. The molecular weight excluding hydrogens is 543 g/mol. The van der Waals surface area contributed by atoms with E-state index in [1.807, 2.05) is 37.4 Å². The zero-order chi connectivity index (χ0) is 27.9. The largest absolute Gasteiger partial charge is 0.495 e. The van der Waals surface area contributed by atoms with Crippen molar-refractivity contribution in [2.45, 2.75) is 57.7 Å². The maximum absolute atomic E-state index is 12.3. The summed E-state index contributed by atoms with van der Waals surface area (Å²) in [6.07, 6.45) is 7.48. The van der Waals surface area contributed by atoms with Crippen LogP contribution >= 0.6 is 23.2 Å². The Morgan fingerprint density at radius 1 is 1.03 bits per heavy atom. The monoisotopic (exact) mass is 572 g/mol. The molecule has 4 aromatic rings. The van der Waals surface area contributed by atoms with Crippen molar-refractivity contribution in [1.29, 1.82) is 0 Å². The van der Waals surface area contributed by atoms with E-state index in [0.29, 0.717) is 49.9 Å². The Morgan fingerprint density at radius 3 is 2.38 bits per heavy atom.